The van der Waals surface area contributed by atoms with Gasteiger partial charge in [0.1, 0.15) is 11.9 Å². The predicted molar refractivity (Wildman–Crippen MR) is 122 cm³/mol. The Kier molecular flexibility index (Phi) is 6.58. The highest BCUT2D eigenvalue weighted by atomic mass is 19.1. The molecule has 1 heterocycles. The van der Waals surface area contributed by atoms with E-state index in [2.05, 4.69) is 5.32 Å². The predicted octanol–water partition coefficient (Wildman–Crippen LogP) is 3.73. The van der Waals surface area contributed by atoms with Gasteiger partial charge in [-0.2, -0.15) is 0 Å². The van der Waals surface area contributed by atoms with E-state index in [0.717, 1.165) is 16.7 Å². The van der Waals surface area contributed by atoms with E-state index >= 15 is 0 Å². The van der Waals surface area contributed by atoms with Crippen LogP contribution in [0.4, 0.5) is 4.39 Å². The fourth-order valence-corrected chi connectivity index (χ4v) is 4.02. The van der Waals surface area contributed by atoms with Gasteiger partial charge in [-0.25, -0.2) is 4.39 Å². The van der Waals surface area contributed by atoms with Crippen LogP contribution in [-0.4, -0.2) is 37.0 Å². The van der Waals surface area contributed by atoms with Crippen molar-refractivity contribution in [3.05, 3.63) is 94.8 Å². The van der Waals surface area contributed by atoms with Crippen LogP contribution >= 0.6 is 0 Å². The molecule has 0 saturated heterocycles. The third kappa shape index (κ3) is 4.82. The molecule has 3 aromatic carbocycles. The molecule has 0 fully saturated rings. The number of hydrogen-bond donors (Lipinski definition) is 1. The van der Waals surface area contributed by atoms with Crippen LogP contribution in [0.3, 0.4) is 0 Å². The number of nitrogens with one attached hydrogen (secondary N) is 1. The molecule has 0 aromatic heterocycles. The number of nitrogens with zero attached hydrogens (tertiary/aromatic N) is 1. The largest absolute Gasteiger partial charge is 0.493 e. The average Bonchev–Trinajstić information content (AvgIpc) is 2.86. The lowest BCUT2D eigenvalue weighted by Gasteiger charge is -2.36. The van der Waals surface area contributed by atoms with Gasteiger partial charge in [-0.1, -0.05) is 30.3 Å². The van der Waals surface area contributed by atoms with Gasteiger partial charge in [0, 0.05) is 25.1 Å². The first-order valence-corrected chi connectivity index (χ1v) is 10.6. The SMILES string of the molecule is COc1cc2c(cc1OC)CN(C(=O)c1ccc(F)cc1)[C@@H](C(=O)NCc1ccccc1)C2. The summed E-state index contributed by atoms with van der Waals surface area (Å²) in [5, 5.41) is 2.95. The summed E-state index contributed by atoms with van der Waals surface area (Å²) in [5.74, 6) is 0.102. The van der Waals surface area contributed by atoms with Gasteiger partial charge in [-0.15, -0.1) is 0 Å². The minimum Gasteiger partial charge on any atom is -0.493 e. The Bertz CT molecular complexity index is 1150. The molecule has 2 amide bonds. The molecule has 7 heteroatoms. The van der Waals surface area contributed by atoms with Gasteiger partial charge in [0.25, 0.3) is 5.91 Å². The van der Waals surface area contributed by atoms with Crippen LogP contribution in [0.15, 0.2) is 66.7 Å². The molecule has 3 aromatic rings. The number of methoxy groups -OCH3 is 2. The minimum absolute atomic E-state index is 0.218. The third-order valence-electron chi connectivity index (χ3n) is 5.80. The molecular weight excluding hydrogens is 423 g/mol. The molecule has 0 spiro atoms. The van der Waals surface area contributed by atoms with Crippen molar-refractivity contribution in [3.63, 3.8) is 0 Å². The van der Waals surface area contributed by atoms with Crippen LogP contribution in [-0.2, 0) is 24.3 Å². The van der Waals surface area contributed by atoms with E-state index < -0.39 is 11.9 Å². The van der Waals surface area contributed by atoms with E-state index in [1.165, 1.54) is 29.2 Å². The minimum atomic E-state index is -0.725. The summed E-state index contributed by atoms with van der Waals surface area (Å²) in [6.45, 7) is 0.572. The average molecular weight is 448 g/mol. The molecule has 1 aliphatic rings. The number of carbonyl (C=O) groups excluding carboxylic acids is 2. The monoisotopic (exact) mass is 448 g/mol. The van der Waals surface area contributed by atoms with Crippen LogP contribution in [0.5, 0.6) is 11.5 Å². The number of benzene rings is 3. The molecule has 170 valence electrons. The smallest absolute Gasteiger partial charge is 0.254 e. The van der Waals surface area contributed by atoms with Gasteiger partial charge < -0.3 is 19.7 Å². The summed E-state index contributed by atoms with van der Waals surface area (Å²) in [5.41, 5.74) is 3.07. The molecule has 0 saturated carbocycles. The molecule has 0 aliphatic carbocycles. The maximum Gasteiger partial charge on any atom is 0.254 e. The van der Waals surface area contributed by atoms with E-state index in [4.69, 9.17) is 9.47 Å². The zero-order chi connectivity index (χ0) is 23.4. The highest BCUT2D eigenvalue weighted by Crippen LogP contribution is 2.35. The van der Waals surface area contributed by atoms with Crippen molar-refractivity contribution in [3.8, 4) is 11.5 Å². The lowest BCUT2D eigenvalue weighted by molar-refractivity contribution is -0.126. The van der Waals surface area contributed by atoms with E-state index in [-0.39, 0.29) is 18.4 Å². The third-order valence-corrected chi connectivity index (χ3v) is 5.80. The van der Waals surface area contributed by atoms with Crippen LogP contribution in [0.2, 0.25) is 0 Å². The first kappa shape index (κ1) is 22.3. The molecule has 1 aliphatic heterocycles. The first-order chi connectivity index (χ1) is 16.0. The number of ether oxygens (including phenoxy) is 2. The molecule has 33 heavy (non-hydrogen) atoms. The van der Waals surface area contributed by atoms with Gasteiger partial charge in [0.15, 0.2) is 11.5 Å². The summed E-state index contributed by atoms with van der Waals surface area (Å²) in [6, 6.07) is 17.9. The first-order valence-electron chi connectivity index (χ1n) is 10.6. The fourth-order valence-electron chi connectivity index (χ4n) is 4.02. The summed E-state index contributed by atoms with van der Waals surface area (Å²) in [4.78, 5) is 28.1. The van der Waals surface area contributed by atoms with E-state index in [1.54, 1.807) is 14.2 Å². The number of amides is 2. The molecule has 6 nitrogen and oxygen atoms in total. The van der Waals surface area contributed by atoms with Crippen molar-refractivity contribution < 1.29 is 23.5 Å². The lowest BCUT2D eigenvalue weighted by Crippen LogP contribution is -2.52. The zero-order valence-electron chi connectivity index (χ0n) is 18.5. The quantitative estimate of drug-likeness (QED) is 0.624. The van der Waals surface area contributed by atoms with E-state index in [1.807, 2.05) is 42.5 Å². The Balaban J connectivity index is 1.65. The zero-order valence-corrected chi connectivity index (χ0v) is 18.5. The van der Waals surface area contributed by atoms with Crippen LogP contribution in [0.1, 0.15) is 27.0 Å². The number of carbonyl (C=O) groups is 2. The summed E-state index contributed by atoms with van der Waals surface area (Å²) < 4.78 is 24.2. The van der Waals surface area contributed by atoms with Crippen LogP contribution < -0.4 is 14.8 Å². The van der Waals surface area contributed by atoms with Gasteiger partial charge in [0.05, 0.1) is 14.2 Å². The second-order valence-corrected chi connectivity index (χ2v) is 7.84. The maximum absolute atomic E-state index is 13.4. The molecular formula is C26H25FN2O4. The van der Waals surface area contributed by atoms with Crippen molar-refractivity contribution >= 4 is 11.8 Å². The highest BCUT2D eigenvalue weighted by molar-refractivity contribution is 5.98. The number of halogens is 1. The van der Waals surface area contributed by atoms with Crippen molar-refractivity contribution in [1.82, 2.24) is 10.2 Å². The Hall–Kier alpha value is -3.87. The van der Waals surface area contributed by atoms with E-state index in [9.17, 15) is 14.0 Å². The van der Waals surface area contributed by atoms with Gasteiger partial charge in [-0.05, 0) is 53.1 Å². The van der Waals surface area contributed by atoms with Crippen molar-refractivity contribution in [2.45, 2.75) is 25.6 Å². The van der Waals surface area contributed by atoms with Crippen LogP contribution in [0.25, 0.3) is 0 Å². The molecule has 1 N–H and O–H groups in total. The summed E-state index contributed by atoms with van der Waals surface area (Å²) >= 11 is 0. The topological polar surface area (TPSA) is 67.9 Å². The normalized spacial score (nSPS) is 14.9. The van der Waals surface area contributed by atoms with Gasteiger partial charge in [-0.3, -0.25) is 9.59 Å². The molecule has 0 unspecified atom stereocenters. The summed E-state index contributed by atoms with van der Waals surface area (Å²) in [6.07, 6.45) is 0.323. The Labute approximate surface area is 191 Å². The highest BCUT2D eigenvalue weighted by Gasteiger charge is 2.35. The Morgan fingerprint density at radius 2 is 1.61 bits per heavy atom. The number of hydrogen-bond acceptors (Lipinski definition) is 4. The fraction of sp³-hybridized carbons (Fsp3) is 0.231. The second-order valence-electron chi connectivity index (χ2n) is 7.84. The van der Waals surface area contributed by atoms with Crippen molar-refractivity contribution in [1.29, 1.82) is 0 Å². The van der Waals surface area contributed by atoms with Gasteiger partial charge in [0.2, 0.25) is 5.91 Å². The van der Waals surface area contributed by atoms with E-state index in [0.29, 0.717) is 30.0 Å². The van der Waals surface area contributed by atoms with Gasteiger partial charge >= 0.3 is 0 Å². The molecule has 0 bridgehead atoms. The number of fused-ring (bicyclic) bond motifs is 1. The second kappa shape index (κ2) is 9.73. The standard InChI is InChI=1S/C26H25FN2O4/c1-32-23-13-19-12-22(25(30)28-15-17-6-4-3-5-7-17)29(16-20(19)14-24(23)33-2)26(31)18-8-10-21(27)11-9-18/h3-11,13-14,22H,12,15-16H2,1-2H3,(H,28,30)/t22-/m1/s1. The Morgan fingerprint density at radius 1 is 0.970 bits per heavy atom. The van der Waals surface area contributed by atoms with Crippen LogP contribution in [0, 0.1) is 5.82 Å². The van der Waals surface area contributed by atoms with Crippen molar-refractivity contribution in [2.24, 2.45) is 0 Å². The maximum atomic E-state index is 13.4. The lowest BCUT2D eigenvalue weighted by atomic mass is 9.92. The van der Waals surface area contributed by atoms with Crippen molar-refractivity contribution in [2.75, 3.05) is 14.2 Å². The molecule has 0 radical (unpaired) electrons. The number of rotatable bonds is 6. The molecule has 4 rings (SSSR count). The molecule has 1 atom stereocenters. The Morgan fingerprint density at radius 3 is 2.24 bits per heavy atom. The summed E-state index contributed by atoms with van der Waals surface area (Å²) in [7, 11) is 3.11.